The lowest BCUT2D eigenvalue weighted by molar-refractivity contribution is 0.200. The van der Waals surface area contributed by atoms with Gasteiger partial charge in [-0.25, -0.2) is 4.39 Å². The number of benzene rings is 1. The molecule has 0 fully saturated rings. The highest BCUT2D eigenvalue weighted by Gasteiger charge is 2.06. The number of hydrogen-bond donors (Lipinski definition) is 1. The first-order valence-corrected chi connectivity index (χ1v) is 6.68. The zero-order chi connectivity index (χ0) is 12.8. The third-order valence-electron chi connectivity index (χ3n) is 2.48. The van der Waals surface area contributed by atoms with Crippen molar-refractivity contribution in [2.45, 2.75) is 17.4 Å². The van der Waals surface area contributed by atoms with Crippen molar-refractivity contribution < 1.29 is 9.50 Å². The van der Waals surface area contributed by atoms with Crippen LogP contribution in [0.15, 0.2) is 53.7 Å². The number of halogens is 1. The summed E-state index contributed by atoms with van der Waals surface area (Å²) < 4.78 is 12.7. The fourth-order valence-corrected chi connectivity index (χ4v) is 2.40. The van der Waals surface area contributed by atoms with E-state index >= 15 is 0 Å². The minimum absolute atomic E-state index is 0.239. The van der Waals surface area contributed by atoms with Gasteiger partial charge in [0, 0.05) is 23.0 Å². The van der Waals surface area contributed by atoms with Crippen LogP contribution in [0.25, 0.3) is 0 Å². The Kier molecular flexibility index (Phi) is 4.73. The molecule has 0 saturated heterocycles. The number of rotatable bonds is 5. The summed E-state index contributed by atoms with van der Waals surface area (Å²) in [5.74, 6) is 0.352. The first kappa shape index (κ1) is 13.1. The fourth-order valence-electron chi connectivity index (χ4n) is 1.57. The summed E-state index contributed by atoms with van der Waals surface area (Å²) >= 11 is 1.52. The van der Waals surface area contributed by atoms with Crippen LogP contribution in [-0.4, -0.2) is 21.9 Å². The predicted octanol–water partition coefficient (Wildman–Crippen LogP) is 2.92. The highest BCUT2D eigenvalue weighted by atomic mass is 32.2. The summed E-state index contributed by atoms with van der Waals surface area (Å²) in [5, 5.41) is 9.90. The van der Waals surface area contributed by atoms with E-state index in [1.165, 1.54) is 23.9 Å². The van der Waals surface area contributed by atoms with Crippen LogP contribution in [0.4, 0.5) is 4.39 Å². The van der Waals surface area contributed by atoms with Crippen LogP contribution >= 0.6 is 11.8 Å². The Labute approximate surface area is 110 Å². The van der Waals surface area contributed by atoms with Gasteiger partial charge >= 0.3 is 0 Å². The molecule has 0 bridgehead atoms. The van der Waals surface area contributed by atoms with Crippen molar-refractivity contribution in [3.63, 3.8) is 0 Å². The molecule has 94 valence electrons. The maximum atomic E-state index is 12.7. The van der Waals surface area contributed by atoms with Crippen LogP contribution < -0.4 is 0 Å². The number of aliphatic hydroxyl groups is 1. The molecule has 0 saturated carbocycles. The lowest BCUT2D eigenvalue weighted by Gasteiger charge is -2.10. The van der Waals surface area contributed by atoms with Crippen molar-refractivity contribution in [2.75, 3.05) is 5.75 Å². The number of aliphatic hydroxyl groups excluding tert-OH is 1. The van der Waals surface area contributed by atoms with E-state index in [1.807, 2.05) is 12.1 Å². The second-order valence-corrected chi connectivity index (χ2v) is 5.07. The van der Waals surface area contributed by atoms with Crippen LogP contribution in [-0.2, 0) is 6.42 Å². The van der Waals surface area contributed by atoms with Crippen LogP contribution in [0.2, 0.25) is 0 Å². The van der Waals surface area contributed by atoms with Gasteiger partial charge in [0.2, 0.25) is 0 Å². The highest BCUT2D eigenvalue weighted by Crippen LogP contribution is 2.19. The minimum atomic E-state index is -0.414. The molecule has 2 nitrogen and oxygen atoms in total. The normalized spacial score (nSPS) is 12.3. The Bertz CT molecular complexity index is 475. The van der Waals surface area contributed by atoms with E-state index in [-0.39, 0.29) is 5.82 Å². The van der Waals surface area contributed by atoms with Gasteiger partial charge in [0.25, 0.3) is 0 Å². The summed E-state index contributed by atoms with van der Waals surface area (Å²) in [7, 11) is 0. The van der Waals surface area contributed by atoms with E-state index in [0.29, 0.717) is 12.2 Å². The fraction of sp³-hybridized carbons (Fsp3) is 0.214. The first-order valence-electron chi connectivity index (χ1n) is 5.69. The van der Waals surface area contributed by atoms with Gasteiger partial charge in [0.1, 0.15) is 5.82 Å². The first-order chi connectivity index (χ1) is 8.74. The van der Waals surface area contributed by atoms with E-state index in [9.17, 15) is 9.50 Å². The second kappa shape index (κ2) is 6.52. The van der Waals surface area contributed by atoms with Crippen molar-refractivity contribution in [1.82, 2.24) is 4.98 Å². The van der Waals surface area contributed by atoms with E-state index < -0.39 is 6.10 Å². The third-order valence-corrected chi connectivity index (χ3v) is 3.63. The molecule has 1 N–H and O–H groups in total. The van der Waals surface area contributed by atoms with Gasteiger partial charge in [-0.15, -0.1) is 11.8 Å². The third kappa shape index (κ3) is 4.13. The van der Waals surface area contributed by atoms with Gasteiger partial charge in [0.15, 0.2) is 0 Å². The van der Waals surface area contributed by atoms with Gasteiger partial charge in [-0.2, -0.15) is 0 Å². The maximum Gasteiger partial charge on any atom is 0.123 e. The molecule has 1 heterocycles. The van der Waals surface area contributed by atoms with Gasteiger partial charge in [-0.05, 0) is 48.4 Å². The van der Waals surface area contributed by atoms with Crippen molar-refractivity contribution in [3.05, 3.63) is 60.2 Å². The molecule has 2 aromatic rings. The molecule has 1 unspecified atom stereocenters. The highest BCUT2D eigenvalue weighted by molar-refractivity contribution is 7.99. The van der Waals surface area contributed by atoms with Crippen LogP contribution in [0.1, 0.15) is 5.56 Å². The summed E-state index contributed by atoms with van der Waals surface area (Å²) in [6.07, 6.45) is 3.63. The summed E-state index contributed by atoms with van der Waals surface area (Å²) in [6, 6.07) is 10.1. The Morgan fingerprint density at radius 1 is 1.11 bits per heavy atom. The molecule has 4 heteroatoms. The van der Waals surface area contributed by atoms with Gasteiger partial charge in [0.05, 0.1) is 6.10 Å². The number of thioether (sulfide) groups is 1. The number of hydrogen-bond acceptors (Lipinski definition) is 3. The lowest BCUT2D eigenvalue weighted by atomic mass is 10.1. The SMILES string of the molecule is OC(CSc1ccc(F)cc1)Cc1ccncc1. The molecular formula is C14H14FNOS. The molecule has 0 aliphatic carbocycles. The van der Waals surface area contributed by atoms with E-state index in [1.54, 1.807) is 24.5 Å². The van der Waals surface area contributed by atoms with E-state index in [4.69, 9.17) is 0 Å². The summed E-state index contributed by atoms with van der Waals surface area (Å²) in [5.41, 5.74) is 1.07. The molecule has 18 heavy (non-hydrogen) atoms. The minimum Gasteiger partial charge on any atom is -0.392 e. The summed E-state index contributed by atoms with van der Waals surface area (Å²) in [4.78, 5) is 4.90. The predicted molar refractivity (Wildman–Crippen MR) is 71.1 cm³/mol. The van der Waals surface area contributed by atoms with Crippen molar-refractivity contribution in [2.24, 2.45) is 0 Å². The van der Waals surface area contributed by atoms with E-state index in [2.05, 4.69) is 4.98 Å². The molecule has 1 atom stereocenters. The monoisotopic (exact) mass is 263 g/mol. The van der Waals surface area contributed by atoms with Gasteiger partial charge < -0.3 is 5.11 Å². The zero-order valence-corrected chi connectivity index (χ0v) is 10.6. The van der Waals surface area contributed by atoms with Crippen LogP contribution in [0.5, 0.6) is 0 Å². The molecule has 0 spiro atoms. The molecule has 0 radical (unpaired) electrons. The Morgan fingerprint density at radius 2 is 1.78 bits per heavy atom. The van der Waals surface area contributed by atoms with Crippen molar-refractivity contribution in [1.29, 1.82) is 0 Å². The lowest BCUT2D eigenvalue weighted by Crippen LogP contribution is -2.13. The number of nitrogens with zero attached hydrogens (tertiary/aromatic N) is 1. The molecule has 1 aromatic heterocycles. The number of aromatic nitrogens is 1. The average Bonchev–Trinajstić information content (AvgIpc) is 2.39. The Hall–Kier alpha value is -1.39. The van der Waals surface area contributed by atoms with Crippen molar-refractivity contribution in [3.8, 4) is 0 Å². The molecule has 0 aliphatic heterocycles. The van der Waals surface area contributed by atoms with Crippen LogP contribution in [0.3, 0.4) is 0 Å². The molecular weight excluding hydrogens is 249 g/mol. The zero-order valence-electron chi connectivity index (χ0n) is 9.79. The quantitative estimate of drug-likeness (QED) is 0.842. The molecule has 2 rings (SSSR count). The molecule has 0 amide bonds. The standard InChI is InChI=1S/C14H14FNOS/c15-12-1-3-14(4-2-12)18-10-13(17)9-11-5-7-16-8-6-11/h1-8,13,17H,9-10H2. The second-order valence-electron chi connectivity index (χ2n) is 3.98. The smallest absolute Gasteiger partial charge is 0.123 e. The Morgan fingerprint density at radius 3 is 2.44 bits per heavy atom. The van der Waals surface area contributed by atoms with E-state index in [0.717, 1.165) is 10.5 Å². The largest absolute Gasteiger partial charge is 0.392 e. The maximum absolute atomic E-state index is 12.7. The van der Waals surface area contributed by atoms with Gasteiger partial charge in [-0.1, -0.05) is 0 Å². The van der Waals surface area contributed by atoms with Crippen molar-refractivity contribution >= 4 is 11.8 Å². The van der Waals surface area contributed by atoms with Gasteiger partial charge in [-0.3, -0.25) is 4.98 Å². The topological polar surface area (TPSA) is 33.1 Å². The molecule has 1 aromatic carbocycles. The van der Waals surface area contributed by atoms with Crippen LogP contribution in [0, 0.1) is 5.82 Å². The average molecular weight is 263 g/mol. The molecule has 0 aliphatic rings. The number of pyridine rings is 1. The Balaban J connectivity index is 1.81. The summed E-state index contributed by atoms with van der Waals surface area (Å²) in [6.45, 7) is 0.